The molecule has 0 amide bonds. The Hall–Kier alpha value is -8.98. The van der Waals surface area contributed by atoms with E-state index in [-0.39, 0.29) is 0 Å². The van der Waals surface area contributed by atoms with E-state index in [0.29, 0.717) is 0 Å². The Morgan fingerprint density at radius 1 is 0.147 bits per heavy atom. The highest BCUT2D eigenvalue weighted by atomic mass is 15.1. The number of hydrogen-bond donors (Lipinski definition) is 0. The zero-order valence-corrected chi connectivity index (χ0v) is 37.6. The fourth-order valence-corrected chi connectivity index (χ4v) is 9.28. The number of hydrogen-bond acceptors (Lipinski definition) is 2. The van der Waals surface area contributed by atoms with Crippen molar-refractivity contribution in [1.29, 1.82) is 0 Å². The summed E-state index contributed by atoms with van der Waals surface area (Å²) in [5, 5.41) is 0. The van der Waals surface area contributed by atoms with E-state index < -0.39 is 0 Å². The average molecular weight is 869 g/mol. The predicted octanol–water partition coefficient (Wildman–Crippen LogP) is 18.6. The lowest BCUT2D eigenvalue weighted by Gasteiger charge is -2.26. The van der Waals surface area contributed by atoms with Crippen molar-refractivity contribution in [3.63, 3.8) is 0 Å². The highest BCUT2D eigenvalue weighted by Gasteiger charge is 2.19. The number of nitrogens with zero attached hydrogens (tertiary/aromatic N) is 2. The summed E-state index contributed by atoms with van der Waals surface area (Å²) in [6, 6.07) is 105. The van der Waals surface area contributed by atoms with Gasteiger partial charge < -0.3 is 9.80 Å². The summed E-state index contributed by atoms with van der Waals surface area (Å²) >= 11 is 0. The molecule has 0 aliphatic heterocycles. The monoisotopic (exact) mass is 868 g/mol. The van der Waals surface area contributed by atoms with Crippen molar-refractivity contribution < 1.29 is 0 Å². The van der Waals surface area contributed by atoms with E-state index in [2.05, 4.69) is 301 Å². The van der Waals surface area contributed by atoms with Crippen LogP contribution in [-0.4, -0.2) is 0 Å². The molecule has 11 aromatic carbocycles. The van der Waals surface area contributed by atoms with Crippen LogP contribution in [0.25, 0.3) is 66.8 Å². The second kappa shape index (κ2) is 19.2. The molecular formula is C66H48N2. The molecule has 0 spiro atoms. The van der Waals surface area contributed by atoms with Gasteiger partial charge in [-0.05, 0) is 152 Å². The van der Waals surface area contributed by atoms with E-state index in [1.54, 1.807) is 0 Å². The highest BCUT2D eigenvalue weighted by molar-refractivity contribution is 5.96. The number of benzene rings is 11. The van der Waals surface area contributed by atoms with Crippen LogP contribution in [0.5, 0.6) is 0 Å². The van der Waals surface area contributed by atoms with E-state index in [0.717, 1.165) is 67.5 Å². The molecule has 2 nitrogen and oxygen atoms in total. The van der Waals surface area contributed by atoms with E-state index in [1.807, 2.05) is 0 Å². The summed E-state index contributed by atoms with van der Waals surface area (Å²) in [5.41, 5.74) is 20.6. The molecule has 0 bridgehead atoms. The molecule has 0 atom stereocenters. The smallest absolute Gasteiger partial charge is 0.0462 e. The molecule has 0 saturated heterocycles. The van der Waals surface area contributed by atoms with Gasteiger partial charge in [-0.15, -0.1) is 0 Å². The quantitative estimate of drug-likeness (QED) is 0.121. The molecule has 0 aliphatic rings. The van der Waals surface area contributed by atoms with Gasteiger partial charge >= 0.3 is 0 Å². The van der Waals surface area contributed by atoms with Crippen molar-refractivity contribution in [2.45, 2.75) is 0 Å². The molecule has 0 unspecified atom stereocenters. The van der Waals surface area contributed by atoms with Crippen LogP contribution in [0.3, 0.4) is 0 Å². The first kappa shape index (κ1) is 41.7. The van der Waals surface area contributed by atoms with E-state index in [9.17, 15) is 0 Å². The lowest BCUT2D eigenvalue weighted by molar-refractivity contribution is 1.28. The first-order chi connectivity index (χ1) is 33.7. The molecule has 0 aromatic heterocycles. The summed E-state index contributed by atoms with van der Waals surface area (Å²) in [7, 11) is 0. The molecule has 0 saturated carbocycles. The van der Waals surface area contributed by atoms with Crippen LogP contribution in [0, 0.1) is 0 Å². The van der Waals surface area contributed by atoms with Gasteiger partial charge in [-0.25, -0.2) is 0 Å². The molecule has 11 aromatic rings. The Kier molecular flexibility index (Phi) is 11.8. The largest absolute Gasteiger partial charge is 0.311 e. The van der Waals surface area contributed by atoms with Gasteiger partial charge in [-0.2, -0.15) is 0 Å². The Morgan fingerprint density at radius 2 is 0.324 bits per heavy atom. The molecule has 0 heterocycles. The topological polar surface area (TPSA) is 6.48 Å². The van der Waals surface area contributed by atoms with Gasteiger partial charge in [0.2, 0.25) is 0 Å². The fourth-order valence-electron chi connectivity index (χ4n) is 9.28. The summed E-state index contributed by atoms with van der Waals surface area (Å²) in [4.78, 5) is 4.63. The minimum atomic E-state index is 1.09. The fraction of sp³-hybridized carbons (Fsp3) is 0. The lowest BCUT2D eigenvalue weighted by Crippen LogP contribution is -2.09. The number of para-hydroxylation sites is 4. The van der Waals surface area contributed by atoms with Crippen LogP contribution in [0.15, 0.2) is 291 Å². The van der Waals surface area contributed by atoms with E-state index >= 15 is 0 Å². The average Bonchev–Trinajstić information content (AvgIpc) is 3.43. The molecule has 68 heavy (non-hydrogen) atoms. The Bertz CT molecular complexity index is 3050. The first-order valence-corrected chi connectivity index (χ1v) is 23.2. The molecule has 322 valence electrons. The second-order valence-corrected chi connectivity index (χ2v) is 16.9. The van der Waals surface area contributed by atoms with Crippen LogP contribution in [0.4, 0.5) is 34.1 Å². The van der Waals surface area contributed by atoms with Crippen molar-refractivity contribution in [3.8, 4) is 66.8 Å². The van der Waals surface area contributed by atoms with Crippen molar-refractivity contribution in [3.05, 3.63) is 291 Å². The minimum absolute atomic E-state index is 1.09. The van der Waals surface area contributed by atoms with Crippen LogP contribution in [0.1, 0.15) is 0 Å². The van der Waals surface area contributed by atoms with Gasteiger partial charge in [0, 0.05) is 34.1 Å². The maximum Gasteiger partial charge on any atom is 0.0462 e. The predicted molar refractivity (Wildman–Crippen MR) is 288 cm³/mol. The third kappa shape index (κ3) is 8.75. The molecular weight excluding hydrogens is 821 g/mol. The zero-order chi connectivity index (χ0) is 45.5. The van der Waals surface area contributed by atoms with Gasteiger partial charge in [0.05, 0.1) is 0 Å². The first-order valence-electron chi connectivity index (χ1n) is 23.2. The molecule has 2 heteroatoms. The maximum absolute atomic E-state index is 2.42. The number of rotatable bonds is 12. The third-order valence-corrected chi connectivity index (χ3v) is 12.7. The maximum atomic E-state index is 2.42. The lowest BCUT2D eigenvalue weighted by atomic mass is 9.85. The van der Waals surface area contributed by atoms with Gasteiger partial charge in [0.25, 0.3) is 0 Å². The van der Waals surface area contributed by atoms with Gasteiger partial charge in [-0.3, -0.25) is 0 Å². The SMILES string of the molecule is c1ccc(-c2ccc(-c3cc(-c4ccc(N(c5ccccc5)c5ccccc5)cc4)c(-c4ccc(-c5ccccc5)cc4)cc3-c3ccc(N(c4ccccc4)c4ccccc4)cc3)cc2)cc1. The Balaban J connectivity index is 1.08. The van der Waals surface area contributed by atoms with Crippen molar-refractivity contribution in [1.82, 2.24) is 0 Å². The molecule has 0 aliphatic carbocycles. The van der Waals surface area contributed by atoms with Crippen molar-refractivity contribution in [2.24, 2.45) is 0 Å². The van der Waals surface area contributed by atoms with Gasteiger partial charge in [0.15, 0.2) is 0 Å². The van der Waals surface area contributed by atoms with Crippen molar-refractivity contribution in [2.75, 3.05) is 9.80 Å². The highest BCUT2D eigenvalue weighted by Crippen LogP contribution is 2.45. The standard InChI is InChI=1S/C66H48N2/c1-7-19-49(20-8-1)51-31-35-53(36-32-51)63-47-66(56-41-45-62(46-42-56)68(59-27-15-5-16-28-59)60-29-17-6-18-30-60)64(54-37-33-52(34-38-54)50-21-9-2-10-22-50)48-65(63)55-39-43-61(44-40-55)67(57-23-11-3-12-24-57)58-25-13-4-14-26-58/h1-48H. The summed E-state index contributed by atoms with van der Waals surface area (Å²) in [6.07, 6.45) is 0. The van der Waals surface area contributed by atoms with Crippen molar-refractivity contribution >= 4 is 34.1 Å². The zero-order valence-electron chi connectivity index (χ0n) is 37.6. The second-order valence-electron chi connectivity index (χ2n) is 16.9. The molecule has 0 radical (unpaired) electrons. The Morgan fingerprint density at radius 3 is 0.574 bits per heavy atom. The summed E-state index contributed by atoms with van der Waals surface area (Å²) in [5.74, 6) is 0. The molecule has 11 rings (SSSR count). The van der Waals surface area contributed by atoms with Crippen LogP contribution < -0.4 is 9.80 Å². The minimum Gasteiger partial charge on any atom is -0.311 e. The van der Waals surface area contributed by atoms with Crippen LogP contribution >= 0.6 is 0 Å². The van der Waals surface area contributed by atoms with Gasteiger partial charge in [0.1, 0.15) is 0 Å². The molecule has 0 fully saturated rings. The Labute approximate surface area is 400 Å². The number of anilines is 6. The normalized spacial score (nSPS) is 10.9. The van der Waals surface area contributed by atoms with Crippen LogP contribution in [-0.2, 0) is 0 Å². The van der Waals surface area contributed by atoms with Gasteiger partial charge in [-0.1, -0.05) is 206 Å². The summed E-state index contributed by atoms with van der Waals surface area (Å²) < 4.78 is 0. The molecule has 0 N–H and O–H groups in total. The summed E-state index contributed by atoms with van der Waals surface area (Å²) in [6.45, 7) is 0. The van der Waals surface area contributed by atoms with Crippen LogP contribution in [0.2, 0.25) is 0 Å². The van der Waals surface area contributed by atoms with E-state index in [1.165, 1.54) is 33.4 Å². The third-order valence-electron chi connectivity index (χ3n) is 12.7. The van der Waals surface area contributed by atoms with E-state index in [4.69, 9.17) is 0 Å².